The van der Waals surface area contributed by atoms with E-state index in [9.17, 15) is 4.79 Å². The normalized spacial score (nSPS) is 19.4. The van der Waals surface area contributed by atoms with Crippen molar-refractivity contribution in [1.82, 2.24) is 0 Å². The van der Waals surface area contributed by atoms with Gasteiger partial charge in [0.2, 0.25) is 0 Å². The Balaban J connectivity index is 1.97. The van der Waals surface area contributed by atoms with Gasteiger partial charge in [0, 0.05) is 24.5 Å². The lowest BCUT2D eigenvalue weighted by molar-refractivity contribution is -0.141. The summed E-state index contributed by atoms with van der Waals surface area (Å²) < 4.78 is 0. The number of carboxylic acid groups (broad SMARTS) is 1. The molecule has 1 heterocycles. The van der Waals surface area contributed by atoms with Crippen LogP contribution in [0.1, 0.15) is 32.3 Å². The lowest BCUT2D eigenvalue weighted by Crippen LogP contribution is -2.38. The summed E-state index contributed by atoms with van der Waals surface area (Å²) in [6.45, 7) is 6.01. The molecule has 4 heteroatoms. The van der Waals surface area contributed by atoms with Crippen LogP contribution in [0.3, 0.4) is 0 Å². The summed E-state index contributed by atoms with van der Waals surface area (Å²) in [5.41, 5.74) is 2.48. The van der Waals surface area contributed by atoms with Crippen LogP contribution in [-0.2, 0) is 10.5 Å². The molecule has 3 nitrogen and oxygen atoms in total. The first-order valence-corrected chi connectivity index (χ1v) is 8.29. The molecule has 0 radical (unpaired) electrons. The van der Waals surface area contributed by atoms with Crippen molar-refractivity contribution in [3.8, 4) is 0 Å². The molecule has 0 spiro atoms. The Labute approximate surface area is 125 Å². The number of nitrogens with zero attached hydrogens (tertiary/aromatic N) is 1. The van der Waals surface area contributed by atoms with Gasteiger partial charge in [-0.1, -0.05) is 26.0 Å². The third kappa shape index (κ3) is 4.17. The molecule has 1 aliphatic rings. The number of carboxylic acids is 1. The molecule has 20 heavy (non-hydrogen) atoms. The molecule has 0 amide bonds. The van der Waals surface area contributed by atoms with E-state index in [0.717, 1.165) is 30.8 Å². The zero-order valence-corrected chi connectivity index (χ0v) is 13.0. The van der Waals surface area contributed by atoms with Gasteiger partial charge in [-0.15, -0.1) is 0 Å². The van der Waals surface area contributed by atoms with Gasteiger partial charge in [-0.05, 0) is 35.8 Å². The standard InChI is InChI=1S/C16H23NO2S/c1-12(2)20-11-13-5-7-15(8-6-13)17-9-3-4-14(10-17)16(18)19/h5-8,12,14H,3-4,9-11H2,1-2H3,(H,18,19). The van der Waals surface area contributed by atoms with E-state index in [2.05, 4.69) is 43.0 Å². The van der Waals surface area contributed by atoms with Crippen molar-refractivity contribution in [3.05, 3.63) is 29.8 Å². The highest BCUT2D eigenvalue weighted by Gasteiger charge is 2.25. The van der Waals surface area contributed by atoms with Crippen molar-refractivity contribution in [2.75, 3.05) is 18.0 Å². The molecule has 1 unspecified atom stereocenters. The summed E-state index contributed by atoms with van der Waals surface area (Å²) >= 11 is 1.94. The second-order valence-corrected chi connectivity index (χ2v) is 7.21. The zero-order valence-electron chi connectivity index (χ0n) is 12.2. The van der Waals surface area contributed by atoms with Crippen LogP contribution >= 0.6 is 11.8 Å². The number of carbonyl (C=O) groups is 1. The first-order chi connectivity index (χ1) is 9.56. The Kier molecular flexibility index (Phi) is 5.35. The fraction of sp³-hybridized carbons (Fsp3) is 0.562. The van der Waals surface area contributed by atoms with Crippen LogP contribution in [0.5, 0.6) is 0 Å². The van der Waals surface area contributed by atoms with Crippen molar-refractivity contribution >= 4 is 23.4 Å². The van der Waals surface area contributed by atoms with Gasteiger partial charge in [0.1, 0.15) is 0 Å². The van der Waals surface area contributed by atoms with Crippen molar-refractivity contribution < 1.29 is 9.90 Å². The van der Waals surface area contributed by atoms with Crippen molar-refractivity contribution in [3.63, 3.8) is 0 Å². The first kappa shape index (κ1) is 15.2. The van der Waals surface area contributed by atoms with E-state index < -0.39 is 5.97 Å². The molecular formula is C16H23NO2S. The number of hydrogen-bond donors (Lipinski definition) is 1. The van der Waals surface area contributed by atoms with E-state index in [1.165, 1.54) is 5.56 Å². The third-order valence-corrected chi connectivity index (χ3v) is 4.82. The van der Waals surface area contributed by atoms with E-state index >= 15 is 0 Å². The van der Waals surface area contributed by atoms with Gasteiger partial charge < -0.3 is 10.0 Å². The van der Waals surface area contributed by atoms with Crippen molar-refractivity contribution in [2.45, 2.75) is 37.7 Å². The van der Waals surface area contributed by atoms with Gasteiger partial charge in [0.15, 0.2) is 0 Å². The summed E-state index contributed by atoms with van der Waals surface area (Å²) in [4.78, 5) is 13.3. The van der Waals surface area contributed by atoms with E-state index in [1.54, 1.807) is 0 Å². The predicted molar refractivity (Wildman–Crippen MR) is 85.4 cm³/mol. The monoisotopic (exact) mass is 293 g/mol. The van der Waals surface area contributed by atoms with Gasteiger partial charge in [0.05, 0.1) is 5.92 Å². The number of rotatable bonds is 5. The molecule has 0 bridgehead atoms. The van der Waals surface area contributed by atoms with Crippen LogP contribution < -0.4 is 4.90 Å². The molecule has 0 saturated carbocycles. The van der Waals surface area contributed by atoms with E-state index in [0.29, 0.717) is 11.8 Å². The number of aliphatic carboxylic acids is 1. The minimum atomic E-state index is -0.667. The number of hydrogen-bond acceptors (Lipinski definition) is 3. The van der Waals surface area contributed by atoms with Crippen molar-refractivity contribution in [1.29, 1.82) is 0 Å². The molecule has 1 fully saturated rings. The first-order valence-electron chi connectivity index (χ1n) is 7.24. The Morgan fingerprint density at radius 2 is 2.10 bits per heavy atom. The van der Waals surface area contributed by atoms with Crippen LogP contribution in [0, 0.1) is 5.92 Å². The smallest absolute Gasteiger partial charge is 0.308 e. The van der Waals surface area contributed by atoms with Crippen molar-refractivity contribution in [2.24, 2.45) is 5.92 Å². The van der Waals surface area contributed by atoms with Crippen LogP contribution in [0.2, 0.25) is 0 Å². The summed E-state index contributed by atoms with van der Waals surface area (Å²) in [5, 5.41) is 9.79. The Bertz CT molecular complexity index is 444. The number of anilines is 1. The minimum Gasteiger partial charge on any atom is -0.481 e. The average molecular weight is 293 g/mol. The maximum atomic E-state index is 11.1. The maximum absolute atomic E-state index is 11.1. The second kappa shape index (κ2) is 7.02. The van der Waals surface area contributed by atoms with E-state index in [-0.39, 0.29) is 5.92 Å². The number of thioether (sulfide) groups is 1. The topological polar surface area (TPSA) is 40.5 Å². The molecule has 1 N–H and O–H groups in total. The molecule has 1 saturated heterocycles. The highest BCUT2D eigenvalue weighted by Crippen LogP contribution is 2.25. The molecule has 110 valence electrons. The molecule has 0 aliphatic carbocycles. The van der Waals surface area contributed by atoms with Crippen LogP contribution in [0.25, 0.3) is 0 Å². The number of benzene rings is 1. The highest BCUT2D eigenvalue weighted by molar-refractivity contribution is 7.99. The Hall–Kier alpha value is -1.16. The van der Waals surface area contributed by atoms with Crippen LogP contribution in [0.4, 0.5) is 5.69 Å². The number of piperidine rings is 1. The summed E-state index contributed by atoms with van der Waals surface area (Å²) in [6.07, 6.45) is 1.76. The SMILES string of the molecule is CC(C)SCc1ccc(N2CCCC(C(=O)O)C2)cc1. The molecule has 1 atom stereocenters. The fourth-order valence-corrected chi connectivity index (χ4v) is 3.20. The van der Waals surface area contributed by atoms with Gasteiger partial charge >= 0.3 is 5.97 Å². The average Bonchev–Trinajstić information content (AvgIpc) is 2.46. The molecule has 2 rings (SSSR count). The van der Waals surface area contributed by atoms with Gasteiger partial charge in [-0.3, -0.25) is 4.79 Å². The van der Waals surface area contributed by atoms with E-state index in [1.807, 2.05) is 11.8 Å². The molecule has 0 aromatic heterocycles. The van der Waals surface area contributed by atoms with Gasteiger partial charge in [-0.2, -0.15) is 11.8 Å². The summed E-state index contributed by atoms with van der Waals surface area (Å²) in [7, 11) is 0. The molecule has 1 aromatic carbocycles. The van der Waals surface area contributed by atoms with Gasteiger partial charge in [0.25, 0.3) is 0 Å². The third-order valence-electron chi connectivity index (χ3n) is 3.66. The van der Waals surface area contributed by atoms with Crippen LogP contribution in [0.15, 0.2) is 24.3 Å². The van der Waals surface area contributed by atoms with Gasteiger partial charge in [-0.25, -0.2) is 0 Å². The molecule has 1 aromatic rings. The lowest BCUT2D eigenvalue weighted by Gasteiger charge is -2.32. The molecular weight excluding hydrogens is 270 g/mol. The minimum absolute atomic E-state index is 0.222. The summed E-state index contributed by atoms with van der Waals surface area (Å²) in [6, 6.07) is 8.57. The zero-order chi connectivity index (χ0) is 14.5. The highest BCUT2D eigenvalue weighted by atomic mass is 32.2. The second-order valence-electron chi connectivity index (χ2n) is 5.65. The maximum Gasteiger partial charge on any atom is 0.308 e. The quantitative estimate of drug-likeness (QED) is 0.900. The Morgan fingerprint density at radius 3 is 2.70 bits per heavy atom. The molecule has 1 aliphatic heterocycles. The summed E-state index contributed by atoms with van der Waals surface area (Å²) in [5.74, 6) is 0.148. The largest absolute Gasteiger partial charge is 0.481 e. The van der Waals surface area contributed by atoms with Crippen LogP contribution in [-0.4, -0.2) is 29.4 Å². The Morgan fingerprint density at radius 1 is 1.40 bits per heavy atom. The van der Waals surface area contributed by atoms with E-state index in [4.69, 9.17) is 5.11 Å². The fourth-order valence-electron chi connectivity index (χ4n) is 2.48. The lowest BCUT2D eigenvalue weighted by atomic mass is 9.98. The predicted octanol–water partition coefficient (Wildman–Crippen LogP) is 3.63.